The van der Waals surface area contributed by atoms with Gasteiger partial charge in [-0.15, -0.1) is 0 Å². The van der Waals surface area contributed by atoms with E-state index in [1.54, 1.807) is 6.07 Å². The third kappa shape index (κ3) is 2.14. The van der Waals surface area contributed by atoms with Gasteiger partial charge in [0.1, 0.15) is 0 Å². The first-order chi connectivity index (χ1) is 6.06. The van der Waals surface area contributed by atoms with Gasteiger partial charge in [-0.1, -0.05) is 30.1 Å². The highest BCUT2D eigenvalue weighted by molar-refractivity contribution is 6.35. The van der Waals surface area contributed by atoms with Gasteiger partial charge >= 0.3 is 0 Å². The van der Waals surface area contributed by atoms with Gasteiger partial charge in [0.2, 0.25) is 5.91 Å². The maximum absolute atomic E-state index is 11.0. The predicted octanol–water partition coefficient (Wildman–Crippen LogP) is 2.65. The topological polar surface area (TPSA) is 43.1 Å². The lowest BCUT2D eigenvalue weighted by atomic mass is 10.0. The molecule has 2 nitrogen and oxygen atoms in total. The summed E-state index contributed by atoms with van der Waals surface area (Å²) < 4.78 is 0. The van der Waals surface area contributed by atoms with Gasteiger partial charge in [-0.25, -0.2) is 0 Å². The molecule has 0 heterocycles. The van der Waals surface area contributed by atoms with Crippen LogP contribution in [0.4, 0.5) is 0 Å². The molecule has 0 saturated carbocycles. The van der Waals surface area contributed by atoms with Crippen molar-refractivity contribution in [3.05, 3.63) is 33.3 Å². The van der Waals surface area contributed by atoms with Crippen LogP contribution >= 0.6 is 23.2 Å². The Hall–Kier alpha value is -0.730. The molecule has 70 valence electrons. The summed E-state index contributed by atoms with van der Waals surface area (Å²) in [6.45, 7) is 1.90. The highest BCUT2D eigenvalue weighted by Crippen LogP contribution is 2.25. The quantitative estimate of drug-likeness (QED) is 0.814. The monoisotopic (exact) mass is 217 g/mol. The molecule has 4 heteroatoms. The van der Waals surface area contributed by atoms with E-state index >= 15 is 0 Å². The average molecular weight is 218 g/mol. The van der Waals surface area contributed by atoms with E-state index in [4.69, 9.17) is 28.9 Å². The van der Waals surface area contributed by atoms with Crippen LogP contribution in [0.2, 0.25) is 10.0 Å². The van der Waals surface area contributed by atoms with Crippen LogP contribution in [-0.4, -0.2) is 5.91 Å². The van der Waals surface area contributed by atoms with Crippen molar-refractivity contribution in [1.29, 1.82) is 0 Å². The van der Waals surface area contributed by atoms with Gasteiger partial charge in [0.25, 0.3) is 0 Å². The molecular weight excluding hydrogens is 209 g/mol. The van der Waals surface area contributed by atoms with Crippen molar-refractivity contribution in [3.63, 3.8) is 0 Å². The van der Waals surface area contributed by atoms with E-state index in [1.807, 2.05) is 6.92 Å². The smallest absolute Gasteiger partial charge is 0.249 e. The lowest BCUT2D eigenvalue weighted by Gasteiger charge is -2.06. The third-order valence-corrected chi connectivity index (χ3v) is 2.33. The van der Waals surface area contributed by atoms with E-state index in [1.165, 1.54) is 6.07 Å². The van der Waals surface area contributed by atoms with Crippen LogP contribution in [-0.2, 0) is 6.42 Å². The van der Waals surface area contributed by atoms with Crippen molar-refractivity contribution >= 4 is 29.1 Å². The van der Waals surface area contributed by atoms with Crippen molar-refractivity contribution in [1.82, 2.24) is 0 Å². The van der Waals surface area contributed by atoms with Gasteiger partial charge in [-0.2, -0.15) is 0 Å². The Morgan fingerprint density at radius 2 is 2.08 bits per heavy atom. The molecule has 1 aromatic rings. The highest BCUT2D eigenvalue weighted by Gasteiger charge is 2.11. The van der Waals surface area contributed by atoms with Crippen LogP contribution in [0.15, 0.2) is 12.1 Å². The van der Waals surface area contributed by atoms with Crippen molar-refractivity contribution in [2.75, 3.05) is 0 Å². The van der Waals surface area contributed by atoms with Crippen LogP contribution in [0.1, 0.15) is 22.8 Å². The summed E-state index contributed by atoms with van der Waals surface area (Å²) in [5.74, 6) is -0.499. The molecule has 0 fully saturated rings. The number of rotatable bonds is 2. The Balaban J connectivity index is 3.38. The number of primary amides is 1. The number of amides is 1. The standard InChI is InChI=1S/C9H9Cl2NO/c1-2-6-7(9(12)13)3-5(10)4-8(6)11/h3-4H,2H2,1H3,(H2,12,13). The summed E-state index contributed by atoms with van der Waals surface area (Å²) >= 11 is 11.6. The summed E-state index contributed by atoms with van der Waals surface area (Å²) in [6, 6.07) is 3.14. The summed E-state index contributed by atoms with van der Waals surface area (Å²) in [6.07, 6.45) is 0.661. The second-order valence-corrected chi connectivity index (χ2v) is 3.48. The maximum atomic E-state index is 11.0. The average Bonchev–Trinajstić information content (AvgIpc) is 2.02. The Bertz CT molecular complexity index is 350. The Labute approximate surface area is 86.6 Å². The minimum atomic E-state index is -0.499. The Kier molecular flexibility index (Phi) is 3.17. The van der Waals surface area contributed by atoms with Gasteiger partial charge in [0.05, 0.1) is 0 Å². The molecule has 0 bridgehead atoms. The molecule has 0 aliphatic heterocycles. The van der Waals surface area contributed by atoms with E-state index in [-0.39, 0.29) is 0 Å². The predicted molar refractivity (Wildman–Crippen MR) is 54.4 cm³/mol. The molecule has 1 aromatic carbocycles. The molecule has 0 unspecified atom stereocenters. The number of halogens is 2. The first kappa shape index (κ1) is 10.4. The minimum Gasteiger partial charge on any atom is -0.366 e. The number of hydrogen-bond donors (Lipinski definition) is 1. The fourth-order valence-electron chi connectivity index (χ4n) is 1.18. The van der Waals surface area contributed by atoms with E-state index in [2.05, 4.69) is 0 Å². The maximum Gasteiger partial charge on any atom is 0.249 e. The number of carbonyl (C=O) groups is 1. The Morgan fingerprint density at radius 1 is 1.46 bits per heavy atom. The molecule has 0 radical (unpaired) electrons. The van der Waals surface area contributed by atoms with Crippen molar-refractivity contribution in [2.24, 2.45) is 5.73 Å². The SMILES string of the molecule is CCc1c(Cl)cc(Cl)cc1C(N)=O. The zero-order valence-corrected chi connectivity index (χ0v) is 8.62. The third-order valence-electron chi connectivity index (χ3n) is 1.78. The van der Waals surface area contributed by atoms with Gasteiger partial charge < -0.3 is 5.73 Å². The number of carbonyl (C=O) groups excluding carboxylic acids is 1. The van der Waals surface area contributed by atoms with Crippen LogP contribution in [0.3, 0.4) is 0 Å². The number of hydrogen-bond acceptors (Lipinski definition) is 1. The lowest BCUT2D eigenvalue weighted by molar-refractivity contribution is 0.0999. The largest absolute Gasteiger partial charge is 0.366 e. The lowest BCUT2D eigenvalue weighted by Crippen LogP contribution is -2.13. The summed E-state index contributed by atoms with van der Waals surface area (Å²) in [7, 11) is 0. The molecule has 1 amide bonds. The molecular formula is C9H9Cl2NO. The van der Waals surface area contributed by atoms with Crippen LogP contribution < -0.4 is 5.73 Å². The van der Waals surface area contributed by atoms with Gasteiger partial charge in [-0.3, -0.25) is 4.79 Å². The summed E-state index contributed by atoms with van der Waals surface area (Å²) in [5.41, 5.74) is 6.32. The molecule has 0 saturated heterocycles. The second kappa shape index (κ2) is 3.99. The van der Waals surface area contributed by atoms with Crippen molar-refractivity contribution < 1.29 is 4.79 Å². The summed E-state index contributed by atoms with van der Waals surface area (Å²) in [4.78, 5) is 11.0. The van der Waals surface area contributed by atoms with Gasteiger partial charge in [0.15, 0.2) is 0 Å². The van der Waals surface area contributed by atoms with Crippen LogP contribution in [0.5, 0.6) is 0 Å². The fourth-order valence-corrected chi connectivity index (χ4v) is 1.81. The van der Waals surface area contributed by atoms with Crippen molar-refractivity contribution in [3.8, 4) is 0 Å². The van der Waals surface area contributed by atoms with Gasteiger partial charge in [-0.05, 0) is 24.1 Å². The highest BCUT2D eigenvalue weighted by atomic mass is 35.5. The second-order valence-electron chi connectivity index (χ2n) is 2.63. The van der Waals surface area contributed by atoms with Crippen LogP contribution in [0.25, 0.3) is 0 Å². The summed E-state index contributed by atoms with van der Waals surface area (Å²) in [5, 5.41) is 0.916. The molecule has 0 aliphatic carbocycles. The zero-order chi connectivity index (χ0) is 10.0. The number of benzene rings is 1. The first-order valence-electron chi connectivity index (χ1n) is 3.84. The van der Waals surface area contributed by atoms with E-state index in [0.29, 0.717) is 22.0 Å². The van der Waals surface area contributed by atoms with Gasteiger partial charge in [0, 0.05) is 15.6 Å². The van der Waals surface area contributed by atoms with E-state index in [0.717, 1.165) is 5.56 Å². The molecule has 0 aliphatic rings. The molecule has 0 aromatic heterocycles. The molecule has 1 rings (SSSR count). The van der Waals surface area contributed by atoms with E-state index in [9.17, 15) is 4.79 Å². The van der Waals surface area contributed by atoms with E-state index < -0.39 is 5.91 Å². The van der Waals surface area contributed by atoms with Crippen molar-refractivity contribution in [2.45, 2.75) is 13.3 Å². The normalized spacial score (nSPS) is 10.1. The Morgan fingerprint density at radius 3 is 2.54 bits per heavy atom. The number of nitrogens with two attached hydrogens (primary N) is 1. The minimum absolute atomic E-state index is 0.403. The zero-order valence-electron chi connectivity index (χ0n) is 7.10. The molecule has 13 heavy (non-hydrogen) atoms. The first-order valence-corrected chi connectivity index (χ1v) is 4.59. The molecule has 0 spiro atoms. The van der Waals surface area contributed by atoms with Crippen LogP contribution in [0, 0.1) is 0 Å². The molecule has 2 N–H and O–H groups in total. The molecule has 0 atom stereocenters. The fraction of sp³-hybridized carbons (Fsp3) is 0.222.